The first kappa shape index (κ1) is 22.8. The average molecular weight is 463 g/mol. The molecular formula is C25H25N3O6. The highest BCUT2D eigenvalue weighted by atomic mass is 16.5. The van der Waals surface area contributed by atoms with Gasteiger partial charge in [-0.3, -0.25) is 4.79 Å². The molecule has 1 amide bonds. The molecule has 4 aromatic rings. The molecule has 2 N–H and O–H groups in total. The van der Waals surface area contributed by atoms with Gasteiger partial charge in [0.1, 0.15) is 22.8 Å². The zero-order valence-electron chi connectivity index (χ0n) is 19.3. The zero-order valence-corrected chi connectivity index (χ0v) is 19.3. The average Bonchev–Trinajstić information content (AvgIpc) is 3.35. The van der Waals surface area contributed by atoms with Crippen molar-refractivity contribution in [1.29, 1.82) is 0 Å². The van der Waals surface area contributed by atoms with E-state index in [1.165, 1.54) is 7.11 Å². The summed E-state index contributed by atoms with van der Waals surface area (Å²) in [6, 6.07) is 14.4. The number of hydrogen-bond acceptors (Lipinski definition) is 8. The number of furan rings is 1. The molecule has 2 heterocycles. The summed E-state index contributed by atoms with van der Waals surface area (Å²) in [5.41, 5.74) is 2.21. The predicted octanol–water partition coefficient (Wildman–Crippen LogP) is 4.54. The molecule has 176 valence electrons. The Hall–Kier alpha value is -4.40. The number of carbonyl (C=O) groups excluding carboxylic acids is 1. The summed E-state index contributed by atoms with van der Waals surface area (Å²) in [6.07, 6.45) is 1.54. The number of amides is 1. The summed E-state index contributed by atoms with van der Waals surface area (Å²) in [7, 11) is 6.21. The lowest BCUT2D eigenvalue weighted by atomic mass is 10.2. The quantitative estimate of drug-likeness (QED) is 0.373. The maximum Gasteiger partial charge on any atom is 0.270 e. The molecule has 0 bridgehead atoms. The molecule has 9 heteroatoms. The lowest BCUT2D eigenvalue weighted by molar-refractivity contribution is 0.0946. The lowest BCUT2D eigenvalue weighted by Gasteiger charge is -2.15. The van der Waals surface area contributed by atoms with Crippen LogP contribution in [0.25, 0.3) is 11.0 Å². The molecule has 9 nitrogen and oxygen atoms in total. The van der Waals surface area contributed by atoms with Gasteiger partial charge in [0.05, 0.1) is 40.1 Å². The third-order valence-electron chi connectivity index (χ3n) is 5.24. The van der Waals surface area contributed by atoms with Gasteiger partial charge in [-0.15, -0.1) is 0 Å². The van der Waals surface area contributed by atoms with Crippen LogP contribution in [0.2, 0.25) is 0 Å². The fourth-order valence-corrected chi connectivity index (χ4v) is 3.58. The Morgan fingerprint density at radius 1 is 0.912 bits per heavy atom. The maximum absolute atomic E-state index is 12.9. The number of hydrogen-bond donors (Lipinski definition) is 2. The van der Waals surface area contributed by atoms with Gasteiger partial charge in [0.15, 0.2) is 11.5 Å². The first-order valence-corrected chi connectivity index (χ1v) is 10.4. The number of pyridine rings is 1. The molecule has 0 aliphatic carbocycles. The molecule has 34 heavy (non-hydrogen) atoms. The summed E-state index contributed by atoms with van der Waals surface area (Å²) >= 11 is 0. The molecule has 0 spiro atoms. The van der Waals surface area contributed by atoms with Crippen molar-refractivity contribution in [2.45, 2.75) is 6.54 Å². The van der Waals surface area contributed by atoms with E-state index >= 15 is 0 Å². The molecule has 0 saturated heterocycles. The second-order valence-corrected chi connectivity index (χ2v) is 7.22. The fraction of sp³-hybridized carbons (Fsp3) is 0.200. The first-order chi connectivity index (χ1) is 16.6. The Morgan fingerprint density at radius 3 is 2.29 bits per heavy atom. The fourth-order valence-electron chi connectivity index (χ4n) is 3.58. The van der Waals surface area contributed by atoms with E-state index in [0.717, 1.165) is 10.9 Å². The largest absolute Gasteiger partial charge is 0.496 e. The normalized spacial score (nSPS) is 10.6. The van der Waals surface area contributed by atoms with Crippen LogP contribution in [-0.4, -0.2) is 39.3 Å². The van der Waals surface area contributed by atoms with E-state index in [0.29, 0.717) is 40.1 Å². The standard InChI is InChI=1S/C25H25N3O6/c1-30-19-8-6-5-7-15(19)14-26-25(29)18-13-20-17(9-10-34-20)24(28-18)27-16-11-21(31-2)23(33-4)22(12-16)32-3/h5-13H,14H2,1-4H3,(H,26,29)(H,27,28). The topological polar surface area (TPSA) is 104 Å². The van der Waals surface area contributed by atoms with Crippen molar-refractivity contribution in [3.63, 3.8) is 0 Å². The van der Waals surface area contributed by atoms with Crippen LogP contribution < -0.4 is 29.6 Å². The van der Waals surface area contributed by atoms with Crippen molar-refractivity contribution in [3.8, 4) is 23.0 Å². The van der Waals surface area contributed by atoms with Gasteiger partial charge in [-0.1, -0.05) is 18.2 Å². The SMILES string of the molecule is COc1ccccc1CNC(=O)c1cc2occc2c(Nc2cc(OC)c(OC)c(OC)c2)n1. The molecule has 2 aromatic heterocycles. The lowest BCUT2D eigenvalue weighted by Crippen LogP contribution is -2.24. The van der Waals surface area contributed by atoms with Crippen LogP contribution in [0.4, 0.5) is 11.5 Å². The third-order valence-corrected chi connectivity index (χ3v) is 5.24. The smallest absolute Gasteiger partial charge is 0.270 e. The number of rotatable bonds is 9. The van der Waals surface area contributed by atoms with Crippen molar-refractivity contribution in [3.05, 3.63) is 66.1 Å². The number of methoxy groups -OCH3 is 4. The van der Waals surface area contributed by atoms with Crippen LogP contribution in [0, 0.1) is 0 Å². The number of ether oxygens (including phenoxy) is 4. The zero-order chi connectivity index (χ0) is 24.1. The highest BCUT2D eigenvalue weighted by Crippen LogP contribution is 2.41. The summed E-state index contributed by atoms with van der Waals surface area (Å²) in [6.45, 7) is 0.288. The Balaban J connectivity index is 1.63. The van der Waals surface area contributed by atoms with Gasteiger partial charge in [-0.2, -0.15) is 0 Å². The molecule has 0 atom stereocenters. The molecule has 4 rings (SSSR count). The Bertz CT molecular complexity index is 1290. The molecule has 0 fully saturated rings. The highest BCUT2D eigenvalue weighted by Gasteiger charge is 2.17. The van der Waals surface area contributed by atoms with Crippen LogP contribution in [0.1, 0.15) is 16.1 Å². The van der Waals surface area contributed by atoms with Gasteiger partial charge in [-0.05, 0) is 12.1 Å². The molecule has 0 saturated carbocycles. The minimum Gasteiger partial charge on any atom is -0.496 e. The Labute approximate surface area is 196 Å². The van der Waals surface area contributed by atoms with Crippen molar-refractivity contribution in [2.75, 3.05) is 33.8 Å². The van der Waals surface area contributed by atoms with E-state index in [4.69, 9.17) is 23.4 Å². The number of anilines is 2. The molecule has 2 aromatic carbocycles. The number of benzene rings is 2. The molecule has 0 aliphatic rings. The number of nitrogens with one attached hydrogen (secondary N) is 2. The Morgan fingerprint density at radius 2 is 1.62 bits per heavy atom. The first-order valence-electron chi connectivity index (χ1n) is 10.4. The van der Waals surface area contributed by atoms with Crippen LogP contribution in [0.3, 0.4) is 0 Å². The van der Waals surface area contributed by atoms with Crippen LogP contribution in [-0.2, 0) is 6.54 Å². The second kappa shape index (κ2) is 10.0. The van der Waals surface area contributed by atoms with E-state index in [2.05, 4.69) is 15.6 Å². The summed E-state index contributed by atoms with van der Waals surface area (Å²) < 4.78 is 27.1. The minimum absolute atomic E-state index is 0.201. The van der Waals surface area contributed by atoms with Crippen molar-refractivity contribution >= 4 is 28.4 Å². The van der Waals surface area contributed by atoms with Crippen molar-refractivity contribution in [1.82, 2.24) is 10.3 Å². The number of carbonyl (C=O) groups is 1. The minimum atomic E-state index is -0.350. The van der Waals surface area contributed by atoms with Gasteiger partial charge in [0.25, 0.3) is 5.91 Å². The number of para-hydroxylation sites is 1. The molecule has 0 unspecified atom stereocenters. The number of nitrogens with zero attached hydrogens (tertiary/aromatic N) is 1. The molecule has 0 radical (unpaired) electrons. The van der Waals surface area contributed by atoms with Crippen molar-refractivity contribution < 1.29 is 28.2 Å². The number of aromatic nitrogens is 1. The van der Waals surface area contributed by atoms with E-state index < -0.39 is 0 Å². The molecular weight excluding hydrogens is 438 g/mol. The van der Waals surface area contributed by atoms with E-state index in [1.807, 2.05) is 24.3 Å². The van der Waals surface area contributed by atoms with E-state index in [9.17, 15) is 4.79 Å². The summed E-state index contributed by atoms with van der Waals surface area (Å²) in [5, 5.41) is 6.83. The van der Waals surface area contributed by atoms with E-state index in [1.54, 1.807) is 51.9 Å². The Kier molecular flexibility index (Phi) is 6.72. The summed E-state index contributed by atoms with van der Waals surface area (Å²) in [5.74, 6) is 2.24. The molecule has 0 aliphatic heterocycles. The van der Waals surface area contributed by atoms with Crippen LogP contribution in [0.5, 0.6) is 23.0 Å². The van der Waals surface area contributed by atoms with Crippen LogP contribution in [0.15, 0.2) is 59.2 Å². The highest BCUT2D eigenvalue weighted by molar-refractivity contribution is 5.99. The van der Waals surface area contributed by atoms with Gasteiger partial charge >= 0.3 is 0 Å². The van der Waals surface area contributed by atoms with Gasteiger partial charge in [-0.25, -0.2) is 4.98 Å². The van der Waals surface area contributed by atoms with Gasteiger partial charge in [0.2, 0.25) is 5.75 Å². The predicted molar refractivity (Wildman–Crippen MR) is 128 cm³/mol. The second-order valence-electron chi connectivity index (χ2n) is 7.22. The van der Waals surface area contributed by atoms with E-state index in [-0.39, 0.29) is 18.1 Å². The van der Waals surface area contributed by atoms with Gasteiger partial charge in [0, 0.05) is 36.0 Å². The summed E-state index contributed by atoms with van der Waals surface area (Å²) in [4.78, 5) is 17.5. The number of fused-ring (bicyclic) bond motifs is 1. The third kappa shape index (κ3) is 4.54. The maximum atomic E-state index is 12.9. The monoisotopic (exact) mass is 463 g/mol. The van der Waals surface area contributed by atoms with Crippen LogP contribution >= 0.6 is 0 Å². The van der Waals surface area contributed by atoms with Gasteiger partial charge < -0.3 is 34.0 Å². The van der Waals surface area contributed by atoms with Crippen molar-refractivity contribution in [2.24, 2.45) is 0 Å².